The van der Waals surface area contributed by atoms with E-state index in [2.05, 4.69) is 15.2 Å². The summed E-state index contributed by atoms with van der Waals surface area (Å²) in [6, 6.07) is 2.00. The molecule has 2 aromatic rings. The van der Waals surface area contributed by atoms with Crippen LogP contribution < -0.4 is 5.32 Å². The Hall–Kier alpha value is -2.35. The summed E-state index contributed by atoms with van der Waals surface area (Å²) < 4.78 is 46.8. The van der Waals surface area contributed by atoms with E-state index in [4.69, 9.17) is 0 Å². The van der Waals surface area contributed by atoms with Gasteiger partial charge in [0.15, 0.2) is 17.5 Å². The number of benzene rings is 1. The number of hydrogen-bond acceptors (Lipinski definition) is 4. The minimum atomic E-state index is -1.54. The molecule has 1 aromatic carbocycles. The van der Waals surface area contributed by atoms with Crippen LogP contribution in [0.4, 0.5) is 13.2 Å². The van der Waals surface area contributed by atoms with Crippen molar-refractivity contribution in [2.45, 2.75) is 19.5 Å². The molecule has 0 spiro atoms. The summed E-state index contributed by atoms with van der Waals surface area (Å²) >= 11 is 0. The second-order valence-corrected chi connectivity index (χ2v) is 5.16. The average molecular weight is 325 g/mol. The Morgan fingerprint density at radius 1 is 1.35 bits per heavy atom. The van der Waals surface area contributed by atoms with Crippen molar-refractivity contribution in [2.75, 3.05) is 13.7 Å². The predicted octanol–water partition coefficient (Wildman–Crippen LogP) is 1.79. The lowest BCUT2D eigenvalue weighted by molar-refractivity contribution is -0.141. The van der Waals surface area contributed by atoms with E-state index < -0.39 is 23.4 Å². The highest BCUT2D eigenvalue weighted by Gasteiger charge is 2.26. The van der Waals surface area contributed by atoms with E-state index in [1.165, 1.54) is 11.8 Å². The molecular weight excluding hydrogens is 311 g/mol. The van der Waals surface area contributed by atoms with Crippen LogP contribution in [0.2, 0.25) is 0 Å². The van der Waals surface area contributed by atoms with Gasteiger partial charge in [-0.3, -0.25) is 9.48 Å². The van der Waals surface area contributed by atoms with Gasteiger partial charge in [-0.1, -0.05) is 0 Å². The Morgan fingerprint density at radius 2 is 2.13 bits per heavy atom. The van der Waals surface area contributed by atoms with Gasteiger partial charge in [0.25, 0.3) is 0 Å². The quantitative estimate of drug-likeness (QED) is 0.690. The van der Waals surface area contributed by atoms with Crippen LogP contribution in [0.15, 0.2) is 12.1 Å². The molecule has 1 N–H and O–H groups in total. The molecule has 0 radical (unpaired) electrons. The van der Waals surface area contributed by atoms with Crippen molar-refractivity contribution in [1.82, 2.24) is 15.1 Å². The Kier molecular flexibility index (Phi) is 4.08. The van der Waals surface area contributed by atoms with E-state index in [0.29, 0.717) is 25.1 Å². The number of aromatic nitrogens is 2. The Morgan fingerprint density at radius 3 is 2.87 bits per heavy atom. The van der Waals surface area contributed by atoms with Gasteiger partial charge in [-0.2, -0.15) is 5.10 Å². The van der Waals surface area contributed by atoms with Crippen LogP contribution in [-0.2, 0) is 29.0 Å². The van der Waals surface area contributed by atoms with Crippen LogP contribution in [0.1, 0.15) is 11.3 Å². The van der Waals surface area contributed by atoms with Gasteiger partial charge in [0, 0.05) is 36.3 Å². The molecule has 2 heterocycles. The Balaban J connectivity index is 2.13. The van der Waals surface area contributed by atoms with Crippen molar-refractivity contribution in [2.24, 2.45) is 0 Å². The zero-order chi connectivity index (χ0) is 16.6. The number of rotatable bonds is 3. The summed E-state index contributed by atoms with van der Waals surface area (Å²) in [7, 11) is 1.26. The molecule has 0 amide bonds. The van der Waals surface area contributed by atoms with Crippen LogP contribution in [0.5, 0.6) is 0 Å². The first-order valence-corrected chi connectivity index (χ1v) is 7.03. The zero-order valence-electron chi connectivity index (χ0n) is 12.3. The van der Waals surface area contributed by atoms with Crippen molar-refractivity contribution in [1.29, 1.82) is 0 Å². The second-order valence-electron chi connectivity index (χ2n) is 5.16. The fraction of sp³-hybridized carbons (Fsp3) is 0.333. The predicted molar refractivity (Wildman–Crippen MR) is 75.0 cm³/mol. The van der Waals surface area contributed by atoms with Crippen molar-refractivity contribution in [3.63, 3.8) is 0 Å². The van der Waals surface area contributed by atoms with Gasteiger partial charge < -0.3 is 10.1 Å². The van der Waals surface area contributed by atoms with Crippen molar-refractivity contribution < 1.29 is 22.7 Å². The number of ether oxygens (including phenoxy) is 1. The monoisotopic (exact) mass is 325 g/mol. The molecule has 5 nitrogen and oxygen atoms in total. The minimum Gasteiger partial charge on any atom is -0.468 e. The van der Waals surface area contributed by atoms with Gasteiger partial charge in [0.05, 0.1) is 7.11 Å². The molecule has 0 aliphatic carbocycles. The Bertz CT molecular complexity index is 774. The zero-order valence-corrected chi connectivity index (χ0v) is 12.3. The summed E-state index contributed by atoms with van der Waals surface area (Å²) in [6.07, 6.45) is 0.588. The molecule has 1 aliphatic heterocycles. The molecule has 8 heteroatoms. The molecular formula is C15H14F3N3O2. The highest BCUT2D eigenvalue weighted by Crippen LogP contribution is 2.31. The van der Waals surface area contributed by atoms with Crippen molar-refractivity contribution in [3.05, 3.63) is 40.8 Å². The number of carbonyl (C=O) groups excluding carboxylic acids is 1. The lowest BCUT2D eigenvalue weighted by Gasteiger charge is -2.15. The molecule has 23 heavy (non-hydrogen) atoms. The van der Waals surface area contributed by atoms with E-state index in [-0.39, 0.29) is 17.8 Å². The normalized spacial score (nSPS) is 13.7. The fourth-order valence-corrected chi connectivity index (χ4v) is 2.66. The second kappa shape index (κ2) is 6.04. The maximum absolute atomic E-state index is 14.1. The molecule has 1 aromatic heterocycles. The summed E-state index contributed by atoms with van der Waals surface area (Å²) in [5.74, 6) is -4.58. The molecule has 0 unspecified atom stereocenters. The molecule has 1 aliphatic rings. The van der Waals surface area contributed by atoms with E-state index in [0.717, 1.165) is 17.8 Å². The number of nitrogens with zero attached hydrogens (tertiary/aromatic N) is 2. The van der Waals surface area contributed by atoms with E-state index in [9.17, 15) is 18.0 Å². The van der Waals surface area contributed by atoms with Gasteiger partial charge in [-0.05, 0) is 12.1 Å². The molecule has 0 saturated heterocycles. The maximum atomic E-state index is 14.1. The van der Waals surface area contributed by atoms with Crippen LogP contribution in [0.25, 0.3) is 11.3 Å². The van der Waals surface area contributed by atoms with E-state index in [1.807, 2.05) is 0 Å². The number of halogens is 3. The van der Waals surface area contributed by atoms with E-state index in [1.54, 1.807) is 0 Å². The summed E-state index contributed by atoms with van der Waals surface area (Å²) in [4.78, 5) is 11.5. The third-order valence-corrected chi connectivity index (χ3v) is 3.80. The summed E-state index contributed by atoms with van der Waals surface area (Å²) in [5, 5.41) is 7.35. The smallest absolute Gasteiger partial charge is 0.327 e. The molecule has 3 rings (SSSR count). The lowest BCUT2D eigenvalue weighted by atomic mass is 10.0. The molecule has 0 saturated carbocycles. The molecule has 0 bridgehead atoms. The number of esters is 1. The minimum absolute atomic E-state index is 0.121. The van der Waals surface area contributed by atoms with Gasteiger partial charge in [-0.25, -0.2) is 13.2 Å². The van der Waals surface area contributed by atoms with Crippen molar-refractivity contribution in [3.8, 4) is 11.3 Å². The Labute approximate surface area is 130 Å². The van der Waals surface area contributed by atoms with E-state index >= 15 is 0 Å². The first-order valence-electron chi connectivity index (χ1n) is 7.03. The maximum Gasteiger partial charge on any atom is 0.327 e. The van der Waals surface area contributed by atoms with Crippen LogP contribution in [0.3, 0.4) is 0 Å². The number of nitrogens with one attached hydrogen (secondary N) is 1. The SMILES string of the molecule is COC(=O)Cn1nc(-c2ccc(F)c(F)c2F)c2c1CCNC2. The summed E-state index contributed by atoms with van der Waals surface area (Å²) in [6.45, 7) is 0.966. The fourth-order valence-electron chi connectivity index (χ4n) is 2.66. The lowest BCUT2D eigenvalue weighted by Crippen LogP contribution is -2.26. The van der Waals surface area contributed by atoms with Gasteiger partial charge >= 0.3 is 5.97 Å². The molecule has 122 valence electrons. The highest BCUT2D eigenvalue weighted by molar-refractivity contribution is 5.70. The third kappa shape index (κ3) is 2.70. The number of hydrogen-bond donors (Lipinski definition) is 1. The number of fused-ring (bicyclic) bond motifs is 1. The van der Waals surface area contributed by atoms with Crippen LogP contribution in [-0.4, -0.2) is 29.4 Å². The topological polar surface area (TPSA) is 56.2 Å². The third-order valence-electron chi connectivity index (χ3n) is 3.80. The van der Waals surface area contributed by atoms with Crippen LogP contribution >= 0.6 is 0 Å². The first kappa shape index (κ1) is 15.5. The highest BCUT2D eigenvalue weighted by atomic mass is 19.2. The van der Waals surface area contributed by atoms with Crippen LogP contribution in [0, 0.1) is 17.5 Å². The van der Waals surface area contributed by atoms with Gasteiger partial charge in [-0.15, -0.1) is 0 Å². The average Bonchev–Trinajstić information content (AvgIpc) is 2.91. The van der Waals surface area contributed by atoms with Crippen molar-refractivity contribution >= 4 is 5.97 Å². The molecule has 0 fully saturated rings. The first-order chi connectivity index (χ1) is 11.0. The largest absolute Gasteiger partial charge is 0.468 e. The summed E-state index contributed by atoms with van der Waals surface area (Å²) in [5.41, 5.74) is 1.50. The number of methoxy groups -OCH3 is 1. The molecule has 0 atom stereocenters. The van der Waals surface area contributed by atoms with Gasteiger partial charge in [0.2, 0.25) is 0 Å². The standard InChI is InChI=1S/C15H14F3N3O2/c1-23-12(22)7-21-11-4-5-19-6-9(11)15(20-21)8-2-3-10(16)14(18)13(8)17/h2-3,19H,4-7H2,1H3. The van der Waals surface area contributed by atoms with Gasteiger partial charge in [0.1, 0.15) is 12.2 Å². The number of carbonyl (C=O) groups is 1.